The molecule has 0 fully saturated rings. The van der Waals surface area contributed by atoms with Gasteiger partial charge in [0.15, 0.2) is 11.0 Å². The number of thioether (sulfide) groups is 1. The van der Waals surface area contributed by atoms with E-state index in [1.807, 2.05) is 19.9 Å². The van der Waals surface area contributed by atoms with Gasteiger partial charge in [0.25, 0.3) is 5.91 Å². The third-order valence-electron chi connectivity index (χ3n) is 6.01. The Balaban J connectivity index is 1.62. The van der Waals surface area contributed by atoms with Crippen molar-refractivity contribution in [1.29, 1.82) is 0 Å². The molecule has 1 amide bonds. The van der Waals surface area contributed by atoms with E-state index in [2.05, 4.69) is 16.5 Å². The number of nitrogens with zero attached hydrogens (tertiary/aromatic N) is 3. The van der Waals surface area contributed by atoms with Crippen LogP contribution in [0.25, 0.3) is 6.08 Å². The van der Waals surface area contributed by atoms with Crippen molar-refractivity contribution < 1.29 is 23.5 Å². The maximum atomic E-state index is 13.4. The minimum atomic E-state index is -0.348. The lowest BCUT2D eigenvalue weighted by Gasteiger charge is -2.19. The SMILES string of the molecule is COC[C@H](C)n1c(C)cc(C(=O)CSC2=N/C(=C/c3ccco3)C(=O)N2c2ccc(OC)c(Cl)c2)c1C. The van der Waals surface area contributed by atoms with Gasteiger partial charge < -0.3 is 18.5 Å². The van der Waals surface area contributed by atoms with E-state index < -0.39 is 0 Å². The molecule has 0 spiro atoms. The van der Waals surface area contributed by atoms with Crippen LogP contribution in [0.3, 0.4) is 0 Å². The van der Waals surface area contributed by atoms with E-state index >= 15 is 0 Å². The third-order valence-corrected chi connectivity index (χ3v) is 7.25. The summed E-state index contributed by atoms with van der Waals surface area (Å²) in [6.07, 6.45) is 3.09. The lowest BCUT2D eigenvalue weighted by Crippen LogP contribution is -2.30. The highest BCUT2D eigenvalue weighted by Crippen LogP contribution is 2.35. The van der Waals surface area contributed by atoms with E-state index in [1.165, 1.54) is 30.0 Å². The molecule has 2 aromatic heterocycles. The number of methoxy groups -OCH3 is 2. The van der Waals surface area contributed by atoms with Crippen molar-refractivity contribution in [3.05, 3.63) is 76.1 Å². The fourth-order valence-corrected chi connectivity index (χ4v) is 5.53. The van der Waals surface area contributed by atoms with Crippen molar-refractivity contribution in [3.63, 3.8) is 0 Å². The molecule has 0 aliphatic carbocycles. The molecule has 0 unspecified atom stereocenters. The van der Waals surface area contributed by atoms with Gasteiger partial charge in [0, 0.05) is 30.1 Å². The van der Waals surface area contributed by atoms with Gasteiger partial charge in [-0.3, -0.25) is 14.5 Å². The van der Waals surface area contributed by atoms with Gasteiger partial charge in [-0.05, 0) is 57.2 Å². The number of aromatic nitrogens is 1. The first-order valence-corrected chi connectivity index (χ1v) is 13.0. The average molecular weight is 542 g/mol. The summed E-state index contributed by atoms with van der Waals surface area (Å²) < 4.78 is 18.0. The molecule has 3 aromatic rings. The van der Waals surface area contributed by atoms with E-state index in [1.54, 1.807) is 43.5 Å². The average Bonchev–Trinajstić information content (AvgIpc) is 3.56. The molecule has 4 rings (SSSR count). The molecule has 1 aliphatic heterocycles. The Morgan fingerprint density at radius 2 is 2.03 bits per heavy atom. The lowest BCUT2D eigenvalue weighted by atomic mass is 10.2. The van der Waals surface area contributed by atoms with Crippen LogP contribution in [0.4, 0.5) is 5.69 Å². The van der Waals surface area contributed by atoms with Gasteiger partial charge in [-0.2, -0.15) is 0 Å². The van der Waals surface area contributed by atoms with Crippen molar-refractivity contribution in [2.45, 2.75) is 26.8 Å². The van der Waals surface area contributed by atoms with Crippen LogP contribution in [0.15, 0.2) is 57.8 Å². The normalized spacial score (nSPS) is 15.4. The predicted octanol–water partition coefficient (Wildman–Crippen LogP) is 5.93. The Labute approximate surface area is 224 Å². The zero-order valence-corrected chi connectivity index (χ0v) is 22.9. The van der Waals surface area contributed by atoms with Gasteiger partial charge >= 0.3 is 0 Å². The van der Waals surface area contributed by atoms with Crippen molar-refractivity contribution in [2.24, 2.45) is 4.99 Å². The summed E-state index contributed by atoms with van der Waals surface area (Å²) in [5, 5.41) is 0.730. The highest BCUT2D eigenvalue weighted by Gasteiger charge is 2.33. The fourth-order valence-electron chi connectivity index (χ4n) is 4.38. The summed E-state index contributed by atoms with van der Waals surface area (Å²) in [6.45, 7) is 6.51. The molecule has 37 heavy (non-hydrogen) atoms. The second-order valence-corrected chi connectivity index (χ2v) is 9.92. The van der Waals surface area contributed by atoms with Crippen molar-refractivity contribution in [2.75, 3.05) is 31.5 Å². The zero-order valence-electron chi connectivity index (χ0n) is 21.3. The monoisotopic (exact) mass is 541 g/mol. The maximum absolute atomic E-state index is 13.4. The van der Waals surface area contributed by atoms with Gasteiger partial charge in [0.05, 0.1) is 42.5 Å². The number of Topliss-reactive ketones (excluding diaryl/α,β-unsaturated/α-hetero) is 1. The molecule has 1 atom stereocenters. The van der Waals surface area contributed by atoms with E-state index in [0.717, 1.165) is 11.4 Å². The van der Waals surface area contributed by atoms with Crippen LogP contribution in [0.2, 0.25) is 5.02 Å². The largest absolute Gasteiger partial charge is 0.495 e. The molecular formula is C27H28ClN3O5S. The van der Waals surface area contributed by atoms with Crippen LogP contribution in [0.1, 0.15) is 40.5 Å². The predicted molar refractivity (Wildman–Crippen MR) is 147 cm³/mol. The first-order valence-electron chi connectivity index (χ1n) is 11.6. The number of amidine groups is 1. The highest BCUT2D eigenvalue weighted by atomic mass is 35.5. The summed E-state index contributed by atoms with van der Waals surface area (Å²) in [4.78, 5) is 32.6. The number of aliphatic imine (C=N–C) groups is 1. The van der Waals surface area contributed by atoms with Crippen molar-refractivity contribution >= 4 is 52.0 Å². The quantitative estimate of drug-likeness (QED) is 0.246. The number of amides is 1. The molecule has 1 aromatic carbocycles. The Kier molecular flexibility index (Phi) is 8.26. The zero-order chi connectivity index (χ0) is 26.7. The first-order chi connectivity index (χ1) is 17.7. The van der Waals surface area contributed by atoms with Crippen LogP contribution in [0.5, 0.6) is 5.75 Å². The fraction of sp³-hybridized carbons (Fsp3) is 0.296. The molecule has 194 valence electrons. The van der Waals surface area contributed by atoms with Gasteiger partial charge in [0.1, 0.15) is 17.2 Å². The molecule has 8 nitrogen and oxygen atoms in total. The number of furan rings is 1. The third kappa shape index (κ3) is 5.53. The number of hydrogen-bond acceptors (Lipinski definition) is 7. The molecule has 0 radical (unpaired) electrons. The number of rotatable bonds is 9. The van der Waals surface area contributed by atoms with Crippen LogP contribution in [-0.2, 0) is 9.53 Å². The van der Waals surface area contributed by atoms with Crippen LogP contribution < -0.4 is 9.64 Å². The summed E-state index contributed by atoms with van der Waals surface area (Å²) in [5.74, 6) is 0.686. The number of hydrogen-bond donors (Lipinski definition) is 0. The van der Waals surface area contributed by atoms with Gasteiger partial charge in [-0.15, -0.1) is 0 Å². The van der Waals surface area contributed by atoms with Gasteiger partial charge in [-0.1, -0.05) is 23.4 Å². The molecule has 1 aliphatic rings. The Morgan fingerprint density at radius 1 is 1.24 bits per heavy atom. The Morgan fingerprint density at radius 3 is 2.68 bits per heavy atom. The van der Waals surface area contributed by atoms with Crippen molar-refractivity contribution in [1.82, 2.24) is 4.57 Å². The number of carbonyl (C=O) groups excluding carboxylic acids is 2. The minimum Gasteiger partial charge on any atom is -0.495 e. The molecule has 3 heterocycles. The van der Waals surface area contributed by atoms with Crippen molar-refractivity contribution in [3.8, 4) is 5.75 Å². The highest BCUT2D eigenvalue weighted by molar-refractivity contribution is 8.14. The molecule has 0 N–H and O–H groups in total. The molecule has 0 saturated heterocycles. The second kappa shape index (κ2) is 11.4. The maximum Gasteiger partial charge on any atom is 0.283 e. The summed E-state index contributed by atoms with van der Waals surface area (Å²) >= 11 is 7.53. The number of halogens is 1. The smallest absolute Gasteiger partial charge is 0.283 e. The lowest BCUT2D eigenvalue weighted by molar-refractivity contribution is -0.113. The van der Waals surface area contributed by atoms with E-state index in [9.17, 15) is 9.59 Å². The number of aryl methyl sites for hydroxylation is 1. The Hall–Kier alpha value is -3.27. The number of benzene rings is 1. The van der Waals surface area contributed by atoms with Crippen LogP contribution >= 0.6 is 23.4 Å². The number of anilines is 1. The van der Waals surface area contributed by atoms with Crippen LogP contribution in [-0.4, -0.2) is 48.0 Å². The van der Waals surface area contributed by atoms with E-state index in [-0.39, 0.29) is 29.2 Å². The standard InChI is InChI=1S/C27H28ClN3O5S/c1-16-11-21(18(3)30(16)17(2)14-34-4)24(32)15-37-27-29-23(13-20-7-6-10-36-20)26(33)31(27)19-8-9-25(35-5)22(28)12-19/h6-13,17H,14-15H2,1-5H3/b23-13+/t17-/m0/s1. The van der Waals surface area contributed by atoms with Gasteiger partial charge in [-0.25, -0.2) is 4.99 Å². The number of ketones is 1. The number of carbonyl (C=O) groups is 2. The molecular weight excluding hydrogens is 514 g/mol. The van der Waals surface area contributed by atoms with Crippen LogP contribution in [0, 0.1) is 13.8 Å². The Bertz CT molecular complexity index is 1380. The minimum absolute atomic E-state index is 0.0553. The number of ether oxygens (including phenoxy) is 2. The molecule has 0 saturated carbocycles. The molecule has 10 heteroatoms. The van der Waals surface area contributed by atoms with E-state index in [0.29, 0.717) is 39.6 Å². The summed E-state index contributed by atoms with van der Waals surface area (Å²) in [5.41, 5.74) is 3.23. The molecule has 0 bridgehead atoms. The summed E-state index contributed by atoms with van der Waals surface area (Å²) in [6, 6.07) is 10.5. The first kappa shape index (κ1) is 26.8. The van der Waals surface area contributed by atoms with E-state index in [4.69, 9.17) is 25.5 Å². The van der Waals surface area contributed by atoms with Gasteiger partial charge in [0.2, 0.25) is 0 Å². The second-order valence-electron chi connectivity index (χ2n) is 8.57. The summed E-state index contributed by atoms with van der Waals surface area (Å²) in [7, 11) is 3.18. The topological polar surface area (TPSA) is 86.3 Å².